The van der Waals surface area contributed by atoms with Gasteiger partial charge < -0.3 is 29.6 Å². The molecule has 40 heavy (non-hydrogen) atoms. The van der Waals surface area contributed by atoms with Gasteiger partial charge in [0.05, 0.1) is 30.6 Å². The van der Waals surface area contributed by atoms with Gasteiger partial charge in [-0.25, -0.2) is 4.98 Å². The van der Waals surface area contributed by atoms with E-state index in [-0.39, 0.29) is 24.6 Å². The van der Waals surface area contributed by atoms with Gasteiger partial charge in [0.2, 0.25) is 5.91 Å². The highest BCUT2D eigenvalue weighted by Crippen LogP contribution is 2.45. The summed E-state index contributed by atoms with van der Waals surface area (Å²) in [6.07, 6.45) is 3.66. The smallest absolute Gasteiger partial charge is 0.250 e. The first-order valence-corrected chi connectivity index (χ1v) is 13.3. The fraction of sp³-hybridized carbons (Fsp3) is 0.267. The van der Waals surface area contributed by atoms with Crippen LogP contribution in [0.5, 0.6) is 5.75 Å². The summed E-state index contributed by atoms with van der Waals surface area (Å²) in [6.45, 7) is 6.14. The first kappa shape index (κ1) is 27.3. The van der Waals surface area contributed by atoms with E-state index in [2.05, 4.69) is 56.0 Å². The van der Waals surface area contributed by atoms with Crippen LogP contribution in [0.15, 0.2) is 67.0 Å². The van der Waals surface area contributed by atoms with Crippen LogP contribution < -0.4 is 20.3 Å². The number of anilines is 2. The lowest BCUT2D eigenvalue weighted by Gasteiger charge is -2.29. The lowest BCUT2D eigenvalue weighted by molar-refractivity contribution is -0.119. The Morgan fingerprint density at radius 1 is 1.07 bits per heavy atom. The number of thiocarbonyl (C=S) groups is 1. The van der Waals surface area contributed by atoms with Crippen LogP contribution in [0, 0.1) is 20.8 Å². The number of ether oxygens (including phenoxy) is 2. The minimum atomic E-state index is -0.280. The molecule has 2 N–H and O–H groups in total. The van der Waals surface area contributed by atoms with Crippen molar-refractivity contribution in [2.75, 3.05) is 31.0 Å². The second kappa shape index (κ2) is 11.4. The Labute approximate surface area is 239 Å². The predicted molar refractivity (Wildman–Crippen MR) is 159 cm³/mol. The molecule has 0 bridgehead atoms. The molecule has 206 valence electrons. The molecule has 1 fully saturated rings. The minimum absolute atomic E-state index is 0.0690. The van der Waals surface area contributed by atoms with E-state index in [4.69, 9.17) is 21.7 Å². The van der Waals surface area contributed by atoms with Gasteiger partial charge in [0.25, 0.3) is 0 Å². The predicted octanol–water partition coefficient (Wildman–Crippen LogP) is 4.96. The number of carbonyl (C=O) groups is 1. The number of methoxy groups -OCH3 is 2. The first-order chi connectivity index (χ1) is 19.3. The molecular weight excluding hydrogens is 524 g/mol. The van der Waals surface area contributed by atoms with Gasteiger partial charge in [-0.15, -0.1) is 0 Å². The van der Waals surface area contributed by atoms with Crippen LogP contribution in [-0.4, -0.2) is 46.4 Å². The standard InChI is InChI=1S/C30H32N6O3S/c1-18-9-12-26(32-16-18)35-19(2)14-22(20(35)3)29-28(23-8-6-7-13-31-23)34-30(40)36(29)21-10-11-25(39-5)24(15-21)33-27(37)17-38-4/h6-16,28-29H,17H2,1-5H3,(H,33,37)(H,34,40). The summed E-state index contributed by atoms with van der Waals surface area (Å²) in [7, 11) is 3.05. The molecule has 5 rings (SSSR count). The van der Waals surface area contributed by atoms with E-state index in [0.717, 1.165) is 39.7 Å². The van der Waals surface area contributed by atoms with Crippen LogP contribution in [0.2, 0.25) is 0 Å². The molecule has 1 aliphatic rings. The van der Waals surface area contributed by atoms with Gasteiger partial charge in [0, 0.05) is 36.6 Å². The van der Waals surface area contributed by atoms with Crippen LogP contribution in [0.25, 0.3) is 5.82 Å². The third kappa shape index (κ3) is 5.15. The number of hydrogen-bond acceptors (Lipinski definition) is 6. The minimum Gasteiger partial charge on any atom is -0.495 e. The Morgan fingerprint density at radius 2 is 1.90 bits per heavy atom. The third-order valence-corrected chi connectivity index (χ3v) is 7.34. The van der Waals surface area contributed by atoms with Crippen LogP contribution in [0.4, 0.5) is 11.4 Å². The topological polar surface area (TPSA) is 93.5 Å². The molecule has 2 atom stereocenters. The summed E-state index contributed by atoms with van der Waals surface area (Å²) in [5.74, 6) is 1.11. The SMILES string of the molecule is COCC(=O)Nc1cc(N2C(=S)NC(c3ccccn3)C2c2cc(C)n(-c3ccc(C)cn3)c2C)ccc1OC. The van der Waals surface area contributed by atoms with Gasteiger partial charge in [-0.1, -0.05) is 12.1 Å². The quantitative estimate of drug-likeness (QED) is 0.294. The molecule has 0 saturated carbocycles. The molecule has 0 radical (unpaired) electrons. The summed E-state index contributed by atoms with van der Waals surface area (Å²) in [5, 5.41) is 6.95. The van der Waals surface area contributed by atoms with Gasteiger partial charge >= 0.3 is 0 Å². The lowest BCUT2D eigenvalue weighted by atomic mass is 9.96. The maximum atomic E-state index is 12.4. The van der Waals surface area contributed by atoms with Crippen molar-refractivity contribution in [1.29, 1.82) is 0 Å². The van der Waals surface area contributed by atoms with E-state index in [9.17, 15) is 4.79 Å². The highest BCUT2D eigenvalue weighted by molar-refractivity contribution is 7.80. The molecule has 10 heteroatoms. The molecule has 4 aromatic rings. The number of hydrogen-bond donors (Lipinski definition) is 2. The van der Waals surface area contributed by atoms with Crippen LogP contribution in [0.3, 0.4) is 0 Å². The van der Waals surface area contributed by atoms with Gasteiger partial charge in [-0.3, -0.25) is 9.78 Å². The normalized spacial score (nSPS) is 16.6. The number of aromatic nitrogens is 3. The number of nitrogens with zero attached hydrogens (tertiary/aromatic N) is 4. The van der Waals surface area contributed by atoms with Crippen molar-refractivity contribution in [2.24, 2.45) is 0 Å². The molecular formula is C30H32N6O3S. The summed E-state index contributed by atoms with van der Waals surface area (Å²) < 4.78 is 12.7. The molecule has 1 amide bonds. The average Bonchev–Trinajstić information content (AvgIpc) is 3.44. The van der Waals surface area contributed by atoms with Crippen molar-refractivity contribution in [3.05, 3.63) is 95.2 Å². The average molecular weight is 557 g/mol. The number of amides is 1. The summed E-state index contributed by atoms with van der Waals surface area (Å²) >= 11 is 5.93. The second-order valence-corrected chi connectivity index (χ2v) is 10.1. The zero-order valence-corrected chi connectivity index (χ0v) is 24.0. The van der Waals surface area contributed by atoms with Gasteiger partial charge in [-0.05, 0) is 86.6 Å². The van der Waals surface area contributed by atoms with Crippen LogP contribution in [0.1, 0.15) is 40.3 Å². The number of aryl methyl sites for hydroxylation is 2. The number of pyridine rings is 2. The molecule has 1 aromatic carbocycles. The zero-order valence-electron chi connectivity index (χ0n) is 23.1. The Bertz CT molecular complexity index is 1540. The van der Waals surface area contributed by atoms with Crippen molar-refractivity contribution in [3.63, 3.8) is 0 Å². The van der Waals surface area contributed by atoms with Crippen molar-refractivity contribution >= 4 is 34.6 Å². The molecule has 3 aromatic heterocycles. The van der Waals surface area contributed by atoms with Crippen molar-refractivity contribution < 1.29 is 14.3 Å². The monoisotopic (exact) mass is 556 g/mol. The number of nitrogens with one attached hydrogen (secondary N) is 2. The second-order valence-electron chi connectivity index (χ2n) is 9.72. The maximum absolute atomic E-state index is 12.4. The summed E-state index contributed by atoms with van der Waals surface area (Å²) in [5.41, 5.74) is 6.50. The fourth-order valence-electron chi connectivity index (χ4n) is 5.24. The third-order valence-electron chi connectivity index (χ3n) is 7.02. The Kier molecular flexibility index (Phi) is 7.81. The highest BCUT2D eigenvalue weighted by atomic mass is 32.1. The number of benzene rings is 1. The molecule has 0 spiro atoms. The largest absolute Gasteiger partial charge is 0.495 e. The first-order valence-electron chi connectivity index (χ1n) is 12.9. The van der Waals surface area contributed by atoms with E-state index >= 15 is 0 Å². The Balaban J connectivity index is 1.64. The van der Waals surface area contributed by atoms with E-state index < -0.39 is 0 Å². The van der Waals surface area contributed by atoms with Gasteiger partial charge in [0.15, 0.2) is 5.11 Å². The van der Waals surface area contributed by atoms with E-state index in [1.54, 1.807) is 13.3 Å². The zero-order chi connectivity index (χ0) is 28.4. The Hall–Kier alpha value is -4.28. The van der Waals surface area contributed by atoms with Crippen molar-refractivity contribution in [2.45, 2.75) is 32.9 Å². The van der Waals surface area contributed by atoms with Crippen molar-refractivity contribution in [1.82, 2.24) is 19.9 Å². The fourth-order valence-corrected chi connectivity index (χ4v) is 5.59. The van der Waals surface area contributed by atoms with Crippen molar-refractivity contribution in [3.8, 4) is 11.6 Å². The molecule has 1 saturated heterocycles. The number of carbonyl (C=O) groups excluding carboxylic acids is 1. The molecule has 0 aliphatic carbocycles. The molecule has 2 unspecified atom stereocenters. The van der Waals surface area contributed by atoms with Gasteiger partial charge in [-0.2, -0.15) is 0 Å². The maximum Gasteiger partial charge on any atom is 0.250 e. The summed E-state index contributed by atoms with van der Waals surface area (Å²) in [6, 6.07) is 17.3. The lowest BCUT2D eigenvalue weighted by Crippen LogP contribution is -2.29. The van der Waals surface area contributed by atoms with Crippen LogP contribution >= 0.6 is 12.2 Å². The Morgan fingerprint density at radius 3 is 2.58 bits per heavy atom. The van der Waals surface area contributed by atoms with E-state index in [1.165, 1.54) is 7.11 Å². The molecule has 9 nitrogen and oxygen atoms in total. The molecule has 1 aliphatic heterocycles. The van der Waals surface area contributed by atoms with E-state index in [0.29, 0.717) is 16.5 Å². The summed E-state index contributed by atoms with van der Waals surface area (Å²) in [4.78, 5) is 23.8. The highest BCUT2D eigenvalue weighted by Gasteiger charge is 2.42. The van der Waals surface area contributed by atoms with Gasteiger partial charge in [0.1, 0.15) is 18.2 Å². The van der Waals surface area contributed by atoms with Crippen LogP contribution in [-0.2, 0) is 9.53 Å². The van der Waals surface area contributed by atoms with E-state index in [1.807, 2.05) is 55.6 Å². The number of rotatable bonds is 8. The molecule has 4 heterocycles.